The number of piperidine rings is 2. The molecule has 2 fully saturated rings. The highest BCUT2D eigenvalue weighted by molar-refractivity contribution is 9.10. The van der Waals surface area contributed by atoms with E-state index in [2.05, 4.69) is 15.9 Å². The van der Waals surface area contributed by atoms with Gasteiger partial charge in [0.2, 0.25) is 5.91 Å². The number of aromatic hydroxyl groups is 1. The predicted molar refractivity (Wildman–Crippen MR) is 129 cm³/mol. The number of hydrogen-bond donors (Lipinski definition) is 1. The molecule has 2 saturated heterocycles. The molecule has 0 saturated carbocycles. The molecular formula is C26H31BrN2O3. The third-order valence-corrected chi connectivity index (χ3v) is 7.46. The van der Waals surface area contributed by atoms with E-state index in [1.54, 1.807) is 12.1 Å². The lowest BCUT2D eigenvalue weighted by Crippen LogP contribution is -2.46. The van der Waals surface area contributed by atoms with Gasteiger partial charge in [-0.1, -0.05) is 28.1 Å². The first-order chi connectivity index (χ1) is 15.5. The van der Waals surface area contributed by atoms with Crippen molar-refractivity contribution in [3.05, 3.63) is 64.1 Å². The SMILES string of the molecule is O=C(c1ccc(Br)cc1)N1CCC(C(=O)N2CCC(CCc3ccc(O)cc3)CC2)CC1. The number of benzene rings is 2. The topological polar surface area (TPSA) is 60.9 Å². The van der Waals surface area contributed by atoms with Gasteiger partial charge in [-0.05, 0) is 86.4 Å². The highest BCUT2D eigenvalue weighted by Crippen LogP contribution is 2.27. The van der Waals surface area contributed by atoms with Crippen LogP contribution in [0.15, 0.2) is 53.0 Å². The summed E-state index contributed by atoms with van der Waals surface area (Å²) in [6, 6.07) is 14.9. The maximum absolute atomic E-state index is 13.0. The molecule has 0 bridgehead atoms. The van der Waals surface area contributed by atoms with Gasteiger partial charge in [0.1, 0.15) is 5.75 Å². The highest BCUT2D eigenvalue weighted by Gasteiger charge is 2.32. The van der Waals surface area contributed by atoms with Crippen molar-refractivity contribution >= 4 is 27.7 Å². The number of likely N-dealkylation sites (tertiary alicyclic amines) is 2. The van der Waals surface area contributed by atoms with Gasteiger partial charge in [-0.3, -0.25) is 9.59 Å². The maximum Gasteiger partial charge on any atom is 0.253 e. The summed E-state index contributed by atoms with van der Waals surface area (Å²) in [6.45, 7) is 2.98. The number of carbonyl (C=O) groups excluding carboxylic acids is 2. The highest BCUT2D eigenvalue weighted by atomic mass is 79.9. The lowest BCUT2D eigenvalue weighted by atomic mass is 9.89. The normalized spacial score (nSPS) is 18.0. The molecule has 32 heavy (non-hydrogen) atoms. The number of phenolic OH excluding ortho intramolecular Hbond substituents is 1. The number of nitrogens with zero attached hydrogens (tertiary/aromatic N) is 2. The Hall–Kier alpha value is -2.34. The fourth-order valence-electron chi connectivity index (χ4n) is 4.84. The van der Waals surface area contributed by atoms with Gasteiger partial charge < -0.3 is 14.9 Å². The number of rotatable bonds is 5. The molecule has 2 amide bonds. The summed E-state index contributed by atoms with van der Waals surface area (Å²) in [7, 11) is 0. The predicted octanol–water partition coefficient (Wildman–Crippen LogP) is 4.88. The molecule has 1 N–H and O–H groups in total. The molecule has 4 rings (SSSR count). The zero-order chi connectivity index (χ0) is 22.5. The first-order valence-corrected chi connectivity index (χ1v) is 12.4. The Labute approximate surface area is 198 Å². The Morgan fingerprint density at radius 2 is 1.44 bits per heavy atom. The van der Waals surface area contributed by atoms with E-state index in [-0.39, 0.29) is 17.7 Å². The van der Waals surface area contributed by atoms with Crippen LogP contribution < -0.4 is 0 Å². The Morgan fingerprint density at radius 1 is 0.844 bits per heavy atom. The quantitative estimate of drug-likeness (QED) is 0.638. The molecule has 170 valence electrons. The van der Waals surface area contributed by atoms with Crippen molar-refractivity contribution in [2.75, 3.05) is 26.2 Å². The molecular weight excluding hydrogens is 468 g/mol. The first kappa shape index (κ1) is 22.8. The number of carbonyl (C=O) groups is 2. The zero-order valence-electron chi connectivity index (χ0n) is 18.4. The van der Waals surface area contributed by atoms with E-state index in [9.17, 15) is 14.7 Å². The fourth-order valence-corrected chi connectivity index (χ4v) is 5.10. The summed E-state index contributed by atoms with van der Waals surface area (Å²) in [6.07, 6.45) is 5.77. The summed E-state index contributed by atoms with van der Waals surface area (Å²) in [5, 5.41) is 9.41. The van der Waals surface area contributed by atoms with Gasteiger partial charge in [0.05, 0.1) is 0 Å². The van der Waals surface area contributed by atoms with Crippen LogP contribution in [0.25, 0.3) is 0 Å². The van der Waals surface area contributed by atoms with E-state index in [0.717, 1.165) is 56.1 Å². The summed E-state index contributed by atoms with van der Waals surface area (Å²) in [4.78, 5) is 29.7. The van der Waals surface area contributed by atoms with Gasteiger partial charge in [0.15, 0.2) is 0 Å². The first-order valence-electron chi connectivity index (χ1n) is 11.6. The van der Waals surface area contributed by atoms with Gasteiger partial charge in [0.25, 0.3) is 5.91 Å². The second kappa shape index (κ2) is 10.5. The van der Waals surface area contributed by atoms with Crippen LogP contribution in [0.2, 0.25) is 0 Å². The monoisotopic (exact) mass is 498 g/mol. The fraction of sp³-hybridized carbons (Fsp3) is 0.462. The number of phenols is 1. The van der Waals surface area contributed by atoms with Crippen LogP contribution in [0.1, 0.15) is 48.0 Å². The summed E-state index contributed by atoms with van der Waals surface area (Å²) >= 11 is 3.40. The van der Waals surface area contributed by atoms with E-state index in [4.69, 9.17) is 0 Å². The Balaban J connectivity index is 1.20. The summed E-state index contributed by atoms with van der Waals surface area (Å²) < 4.78 is 0.961. The van der Waals surface area contributed by atoms with Gasteiger partial charge in [-0.25, -0.2) is 0 Å². The van der Waals surface area contributed by atoms with Crippen LogP contribution >= 0.6 is 15.9 Å². The number of amides is 2. The Morgan fingerprint density at radius 3 is 2.06 bits per heavy atom. The van der Waals surface area contributed by atoms with Crippen LogP contribution in [0.4, 0.5) is 0 Å². The average Bonchev–Trinajstić information content (AvgIpc) is 2.84. The third kappa shape index (κ3) is 5.71. The van der Waals surface area contributed by atoms with E-state index in [0.29, 0.717) is 30.3 Å². The van der Waals surface area contributed by atoms with E-state index in [1.807, 2.05) is 46.2 Å². The zero-order valence-corrected chi connectivity index (χ0v) is 20.0. The largest absolute Gasteiger partial charge is 0.508 e. The summed E-state index contributed by atoms with van der Waals surface area (Å²) in [5.41, 5.74) is 1.96. The standard InChI is InChI=1S/C26H31BrN2O3/c27-23-7-5-21(6-8-23)25(31)29-17-13-22(14-18-29)26(32)28-15-11-20(12-16-28)2-1-19-3-9-24(30)10-4-19/h3-10,20,22,30H,1-2,11-18H2. The average molecular weight is 499 g/mol. The molecule has 2 heterocycles. The van der Waals surface area contributed by atoms with Crippen LogP contribution in [0.3, 0.4) is 0 Å². The van der Waals surface area contributed by atoms with Crippen LogP contribution in [0, 0.1) is 11.8 Å². The smallest absolute Gasteiger partial charge is 0.253 e. The minimum absolute atomic E-state index is 0.0394. The second-order valence-corrected chi connectivity index (χ2v) is 9.96. The third-order valence-electron chi connectivity index (χ3n) is 6.93. The van der Waals surface area contributed by atoms with Crippen molar-refractivity contribution in [1.82, 2.24) is 9.80 Å². The number of aryl methyl sites for hydroxylation is 1. The van der Waals surface area contributed by atoms with Crippen LogP contribution in [0.5, 0.6) is 5.75 Å². The second-order valence-electron chi connectivity index (χ2n) is 9.05. The van der Waals surface area contributed by atoms with Crippen molar-refractivity contribution in [3.8, 4) is 5.75 Å². The van der Waals surface area contributed by atoms with Crippen LogP contribution in [-0.2, 0) is 11.2 Å². The van der Waals surface area contributed by atoms with Crippen molar-refractivity contribution in [2.24, 2.45) is 11.8 Å². The molecule has 0 atom stereocenters. The van der Waals surface area contributed by atoms with Crippen LogP contribution in [-0.4, -0.2) is 52.9 Å². The van der Waals surface area contributed by atoms with E-state index < -0.39 is 0 Å². The maximum atomic E-state index is 13.0. The van der Waals surface area contributed by atoms with Crippen molar-refractivity contribution in [2.45, 2.75) is 38.5 Å². The van der Waals surface area contributed by atoms with Gasteiger partial charge in [-0.2, -0.15) is 0 Å². The molecule has 6 heteroatoms. The van der Waals surface area contributed by atoms with Crippen molar-refractivity contribution in [1.29, 1.82) is 0 Å². The number of halogens is 1. The molecule has 0 unspecified atom stereocenters. The molecule has 2 aliphatic heterocycles. The lowest BCUT2D eigenvalue weighted by Gasteiger charge is -2.37. The van der Waals surface area contributed by atoms with Crippen molar-refractivity contribution in [3.63, 3.8) is 0 Å². The molecule has 0 aromatic heterocycles. The van der Waals surface area contributed by atoms with Gasteiger partial charge >= 0.3 is 0 Å². The molecule has 0 spiro atoms. The number of hydrogen-bond acceptors (Lipinski definition) is 3. The summed E-state index contributed by atoms with van der Waals surface area (Å²) in [5.74, 6) is 1.33. The minimum Gasteiger partial charge on any atom is -0.508 e. The van der Waals surface area contributed by atoms with Gasteiger partial charge in [-0.15, -0.1) is 0 Å². The molecule has 2 aliphatic rings. The van der Waals surface area contributed by atoms with Gasteiger partial charge in [0, 0.05) is 42.1 Å². The molecule has 2 aromatic rings. The van der Waals surface area contributed by atoms with E-state index in [1.165, 1.54) is 5.56 Å². The van der Waals surface area contributed by atoms with E-state index >= 15 is 0 Å². The molecule has 0 aliphatic carbocycles. The molecule has 0 radical (unpaired) electrons. The molecule has 5 nitrogen and oxygen atoms in total. The minimum atomic E-state index is 0.0394. The molecule has 2 aromatic carbocycles. The Bertz CT molecular complexity index is 913. The lowest BCUT2D eigenvalue weighted by molar-refractivity contribution is -0.138. The Kier molecular flexibility index (Phi) is 7.51. The van der Waals surface area contributed by atoms with Crippen molar-refractivity contribution < 1.29 is 14.7 Å².